The van der Waals surface area contributed by atoms with Gasteiger partial charge in [-0.15, -0.1) is 64.2 Å². The summed E-state index contributed by atoms with van der Waals surface area (Å²) in [6, 6.07) is 80.0. The van der Waals surface area contributed by atoms with Crippen molar-refractivity contribution in [1.29, 1.82) is 0 Å². The first-order chi connectivity index (χ1) is 63.9. The summed E-state index contributed by atoms with van der Waals surface area (Å²) in [7, 11) is 0. The Morgan fingerprint density at radius 1 is 0.146 bits per heavy atom. The molecule has 130 heavy (non-hydrogen) atoms. The van der Waals surface area contributed by atoms with E-state index in [-0.39, 0.29) is 99.1 Å². The van der Waals surface area contributed by atoms with Crippen molar-refractivity contribution < 1.29 is 71.1 Å². The van der Waals surface area contributed by atoms with E-state index in [0.717, 1.165) is 137 Å². The van der Waals surface area contributed by atoms with Gasteiger partial charge in [-0.25, -0.2) is 0 Å². The van der Waals surface area contributed by atoms with Crippen molar-refractivity contribution in [3.05, 3.63) is 270 Å². The summed E-state index contributed by atoms with van der Waals surface area (Å²) in [5.41, 5.74) is 13.3. The van der Waals surface area contributed by atoms with Crippen LogP contribution in [0.3, 0.4) is 0 Å². The fraction of sp³-hybridized carbons (Fsp3) is 0.130. The molecule has 16 aromatic carbocycles. The van der Waals surface area contributed by atoms with Crippen LogP contribution in [0.4, 0.5) is 0 Å². The Morgan fingerprint density at radius 3 is 0.400 bits per heavy atom. The lowest BCUT2D eigenvalue weighted by molar-refractivity contribution is 0.302. The van der Waals surface area contributed by atoms with Gasteiger partial charge in [0.25, 0.3) is 0 Å². The monoisotopic (exact) mass is 1700 g/mol. The predicted octanol–water partition coefficient (Wildman–Crippen LogP) is 22.1. The summed E-state index contributed by atoms with van der Waals surface area (Å²) in [4.78, 5) is 0. The Labute approximate surface area is 755 Å². The molecule has 0 N–H and O–H groups in total. The molecule has 0 spiro atoms. The maximum absolute atomic E-state index is 6.60. The van der Waals surface area contributed by atoms with Gasteiger partial charge in [0, 0.05) is 30.3 Å². The molecule has 0 unspecified atom stereocenters. The molecule has 0 saturated carbocycles. The standard InChI is InChI=1S/C115H80O15/c1-11-41-116-91-51-76(52-92(61-91)117-42-12-2)71-126-86-31-21-81(22-32-86)101-66-107-103(83-25-35-88(36-26-83)128-73-78-55-95(120-45-15-5)63-96(56-78)121-46-16-6)68-109-105(85-29-39-90(40-30-85)130-75-80-59-99(124-49-19-9)65-100(60-80)125-50-20-10)70-110-104(84-27-37-89(38-28-84)129-74-79-57-97(122-47-17-7)64-98(58-79)123-48-18-8)69-108-102(67-106(101)111-112(107)114(109)115(110)113(108)111)82-23-33-87(34-24-82)127-72-77-53-93(118-43-13-3)62-94(54-77)119-44-14-4/h1-10,21-40,51-70H,41-50,71-75H2. The van der Waals surface area contributed by atoms with Crippen LogP contribution in [0.5, 0.6) is 86.2 Å². The molecule has 15 heteroatoms. The first-order valence-electron chi connectivity index (χ1n) is 41.2. The number of ether oxygens (including phenoxy) is 15. The molecular formula is C115H80O15. The predicted molar refractivity (Wildman–Crippen MR) is 512 cm³/mol. The van der Waals surface area contributed by atoms with E-state index in [4.69, 9.17) is 135 Å². The van der Waals surface area contributed by atoms with E-state index in [1.165, 1.54) is 0 Å². The first-order valence-corrected chi connectivity index (χ1v) is 41.2. The minimum absolute atomic E-state index is 0.0601. The van der Waals surface area contributed by atoms with E-state index in [2.05, 4.69) is 150 Å². The molecule has 15 nitrogen and oxygen atoms in total. The van der Waals surface area contributed by atoms with Crippen molar-refractivity contribution in [2.45, 2.75) is 33.0 Å². The molecule has 16 aromatic rings. The van der Waals surface area contributed by atoms with E-state index in [1.54, 1.807) is 30.3 Å². The quantitative estimate of drug-likeness (QED) is 0.0266. The third kappa shape index (κ3) is 19.9. The summed E-state index contributed by atoms with van der Waals surface area (Å²) in [5.74, 6) is 33.6. The van der Waals surface area contributed by atoms with Crippen LogP contribution in [0, 0.1) is 123 Å². The van der Waals surface area contributed by atoms with Crippen LogP contribution in [0.2, 0.25) is 0 Å². The number of rotatable bonds is 40. The van der Waals surface area contributed by atoms with Crippen molar-refractivity contribution >= 4 is 53.9 Å². The van der Waals surface area contributed by atoms with Crippen molar-refractivity contribution in [2.24, 2.45) is 0 Å². The van der Waals surface area contributed by atoms with Crippen molar-refractivity contribution in [2.75, 3.05) is 66.1 Å². The van der Waals surface area contributed by atoms with Crippen molar-refractivity contribution in [3.8, 4) is 265 Å². The lowest BCUT2D eigenvalue weighted by atomic mass is 9.86. The zero-order chi connectivity index (χ0) is 89.7. The number of hydrogen-bond donors (Lipinski definition) is 0. The lowest BCUT2D eigenvalue weighted by Gasteiger charge is -2.18. The molecule has 0 saturated heterocycles. The normalized spacial score (nSPS) is 10.7. The van der Waals surface area contributed by atoms with Gasteiger partial charge in [0.1, 0.15) is 185 Å². The summed E-state index contributed by atoms with van der Waals surface area (Å²) < 4.78 is 91.7. The highest BCUT2D eigenvalue weighted by atomic mass is 16.5. The van der Waals surface area contributed by atoms with E-state index >= 15 is 0 Å². The van der Waals surface area contributed by atoms with Crippen LogP contribution in [0.15, 0.2) is 243 Å². The Hall–Kier alpha value is -17.8. The number of terminal acetylenes is 10. The van der Waals surface area contributed by atoms with Crippen LogP contribution >= 0.6 is 0 Å². The summed E-state index contributed by atoms with van der Waals surface area (Å²) in [6.45, 7) is 1.44. The largest absolute Gasteiger partial charge is 0.489 e. The molecule has 0 aliphatic rings. The highest BCUT2D eigenvalue weighted by Crippen LogP contribution is 2.58. The van der Waals surface area contributed by atoms with Gasteiger partial charge in [-0.05, 0) is 289 Å². The van der Waals surface area contributed by atoms with E-state index in [9.17, 15) is 0 Å². The maximum Gasteiger partial charge on any atom is 0.148 e. The Morgan fingerprint density at radius 2 is 0.277 bits per heavy atom. The minimum atomic E-state index is 0.0601. The van der Waals surface area contributed by atoms with Gasteiger partial charge in [-0.2, -0.15) is 0 Å². The second-order valence-electron chi connectivity index (χ2n) is 29.8. The average molecular weight is 1700 g/mol. The SMILES string of the molecule is C#CCOc1cc(COc2ccc(-c3cc4c(-c5ccc(OCc6cc(OCC#C)cc(OCC#C)c6)cc5)cc5c(-c6ccc(OCc7cc(OCC#C)cc(OCC#C)c7)cc6)cc6c(-c7ccc(OCc8cc(OCC#C)cc(OCC#C)c8)cc7)cc7c(-c8ccc(OCc9cc(OCC#C)cc(OCC#C)c9)cc8)cc3c3c7c6c5c43)cc2)cc(OCC#C)c1. The number of benzene rings is 15. The van der Waals surface area contributed by atoms with Gasteiger partial charge in [-0.3, -0.25) is 0 Å². The van der Waals surface area contributed by atoms with E-state index < -0.39 is 0 Å². The van der Waals surface area contributed by atoms with Crippen LogP contribution in [-0.4, -0.2) is 66.1 Å². The zero-order valence-corrected chi connectivity index (χ0v) is 70.6. The second kappa shape index (κ2) is 40.7. The molecule has 0 aliphatic heterocycles. The maximum atomic E-state index is 6.60. The third-order valence-electron chi connectivity index (χ3n) is 21.3. The number of hydrogen-bond acceptors (Lipinski definition) is 15. The van der Waals surface area contributed by atoms with Gasteiger partial charge in [0.15, 0.2) is 0 Å². The highest BCUT2D eigenvalue weighted by Gasteiger charge is 2.30. The molecule has 0 fully saturated rings. The molecular weight excluding hydrogens is 1620 g/mol. The fourth-order valence-electron chi connectivity index (χ4n) is 15.8. The van der Waals surface area contributed by atoms with Crippen LogP contribution in [0.1, 0.15) is 27.8 Å². The molecule has 0 bridgehead atoms. The highest BCUT2D eigenvalue weighted by molar-refractivity contribution is 6.49. The average Bonchev–Trinajstić information content (AvgIpc) is 1.50. The van der Waals surface area contributed by atoms with Gasteiger partial charge in [0.05, 0.1) is 0 Å². The topological polar surface area (TPSA) is 138 Å². The van der Waals surface area contributed by atoms with Gasteiger partial charge >= 0.3 is 0 Å². The fourth-order valence-corrected chi connectivity index (χ4v) is 15.8. The molecule has 0 aliphatic carbocycles. The molecule has 16 rings (SSSR count). The van der Waals surface area contributed by atoms with Crippen molar-refractivity contribution in [3.63, 3.8) is 0 Å². The minimum Gasteiger partial charge on any atom is -0.489 e. The van der Waals surface area contributed by atoms with Crippen LogP contribution < -0.4 is 71.1 Å². The molecule has 0 amide bonds. The smallest absolute Gasteiger partial charge is 0.148 e. The van der Waals surface area contributed by atoms with E-state index in [0.29, 0.717) is 86.2 Å². The first kappa shape index (κ1) is 85.7. The molecule has 630 valence electrons. The molecule has 0 heterocycles. The molecule has 0 radical (unpaired) electrons. The molecule has 0 aromatic heterocycles. The third-order valence-corrected chi connectivity index (χ3v) is 21.3. The summed E-state index contributed by atoms with van der Waals surface area (Å²) in [5, 5.41) is 10.4. The van der Waals surface area contributed by atoms with Gasteiger partial charge in [-0.1, -0.05) is 120 Å². The summed E-state index contributed by atoms with van der Waals surface area (Å²) in [6.07, 6.45) is 56.2. The summed E-state index contributed by atoms with van der Waals surface area (Å²) >= 11 is 0. The van der Waals surface area contributed by atoms with Gasteiger partial charge < -0.3 is 71.1 Å². The Balaban J connectivity index is 0.886. The zero-order valence-electron chi connectivity index (χ0n) is 70.6. The van der Waals surface area contributed by atoms with Crippen molar-refractivity contribution in [1.82, 2.24) is 0 Å². The lowest BCUT2D eigenvalue weighted by Crippen LogP contribution is -2.01. The van der Waals surface area contributed by atoms with E-state index in [1.807, 2.05) is 121 Å². The Bertz CT molecular complexity index is 6060. The second-order valence-corrected chi connectivity index (χ2v) is 29.8. The van der Waals surface area contributed by atoms with Crippen LogP contribution in [0.25, 0.3) is 109 Å². The van der Waals surface area contributed by atoms with Crippen LogP contribution in [-0.2, 0) is 33.0 Å². The van der Waals surface area contributed by atoms with Gasteiger partial charge in [0.2, 0.25) is 0 Å². The molecule has 0 atom stereocenters. The Kier molecular flexibility index (Phi) is 26.8.